The average Bonchev–Trinajstić information content (AvgIpc) is 3.11. The summed E-state index contributed by atoms with van der Waals surface area (Å²) in [4.78, 5) is 0.882. The number of rotatable bonds is 6. The van der Waals surface area contributed by atoms with Crippen molar-refractivity contribution in [1.82, 2.24) is 4.72 Å². The lowest BCUT2D eigenvalue weighted by Gasteiger charge is -2.04. The molecule has 1 aliphatic carbocycles. The second-order valence-electron chi connectivity index (χ2n) is 4.45. The fourth-order valence-electron chi connectivity index (χ4n) is 1.68. The summed E-state index contributed by atoms with van der Waals surface area (Å²) in [5, 5.41) is 0. The molecule has 1 saturated carbocycles. The van der Waals surface area contributed by atoms with E-state index in [0.717, 1.165) is 23.8 Å². The standard InChI is InChI=1S/C13H19NOS/c1-2-9-14-16(15)13-7-5-12(6-8-13)10-11-3-4-11/h5-8,11,14H,2-4,9-10H2,1H3. The normalized spacial score (nSPS) is 17.3. The van der Waals surface area contributed by atoms with Crippen LogP contribution >= 0.6 is 0 Å². The zero-order valence-electron chi connectivity index (χ0n) is 9.74. The van der Waals surface area contributed by atoms with Gasteiger partial charge in [0.1, 0.15) is 11.0 Å². The van der Waals surface area contributed by atoms with E-state index >= 15 is 0 Å². The Labute approximate surface area is 100 Å². The van der Waals surface area contributed by atoms with Crippen molar-refractivity contribution in [3.8, 4) is 0 Å². The SMILES string of the molecule is CCCNS(=O)c1ccc(CC2CC2)cc1. The first kappa shape index (κ1) is 11.8. The van der Waals surface area contributed by atoms with Gasteiger partial charge in [-0.3, -0.25) is 0 Å². The van der Waals surface area contributed by atoms with Crippen molar-refractivity contribution in [2.24, 2.45) is 5.92 Å². The van der Waals surface area contributed by atoms with E-state index in [0.29, 0.717) is 0 Å². The maximum absolute atomic E-state index is 11.7. The largest absolute Gasteiger partial charge is 0.238 e. The van der Waals surface area contributed by atoms with Crippen molar-refractivity contribution in [3.63, 3.8) is 0 Å². The summed E-state index contributed by atoms with van der Waals surface area (Å²) in [6.45, 7) is 2.87. The van der Waals surface area contributed by atoms with E-state index in [2.05, 4.69) is 23.8 Å². The predicted molar refractivity (Wildman–Crippen MR) is 67.6 cm³/mol. The third-order valence-electron chi connectivity index (χ3n) is 2.84. The smallest absolute Gasteiger partial charge is 0.124 e. The maximum Gasteiger partial charge on any atom is 0.124 e. The van der Waals surface area contributed by atoms with Gasteiger partial charge in [-0.25, -0.2) is 8.93 Å². The van der Waals surface area contributed by atoms with E-state index in [4.69, 9.17) is 0 Å². The highest BCUT2D eigenvalue weighted by Gasteiger charge is 2.21. The first-order valence-electron chi connectivity index (χ1n) is 6.04. The molecule has 2 nitrogen and oxygen atoms in total. The van der Waals surface area contributed by atoms with Gasteiger partial charge >= 0.3 is 0 Å². The molecule has 88 valence electrons. The van der Waals surface area contributed by atoms with Gasteiger partial charge < -0.3 is 0 Å². The molecule has 1 unspecified atom stereocenters. The van der Waals surface area contributed by atoms with Gasteiger partial charge in [-0.1, -0.05) is 19.1 Å². The van der Waals surface area contributed by atoms with Crippen molar-refractivity contribution >= 4 is 11.0 Å². The Morgan fingerprint density at radius 1 is 1.31 bits per heavy atom. The lowest BCUT2D eigenvalue weighted by atomic mass is 10.1. The molecule has 0 aliphatic heterocycles. The minimum Gasteiger partial charge on any atom is -0.238 e. The van der Waals surface area contributed by atoms with E-state index in [1.165, 1.54) is 24.8 Å². The van der Waals surface area contributed by atoms with Crippen molar-refractivity contribution < 1.29 is 4.21 Å². The van der Waals surface area contributed by atoms with Crippen LogP contribution in [0.1, 0.15) is 31.7 Å². The summed E-state index contributed by atoms with van der Waals surface area (Å²) < 4.78 is 14.7. The van der Waals surface area contributed by atoms with Crippen molar-refractivity contribution in [3.05, 3.63) is 29.8 Å². The van der Waals surface area contributed by atoms with Crippen LogP contribution in [0.25, 0.3) is 0 Å². The topological polar surface area (TPSA) is 29.1 Å². The fraction of sp³-hybridized carbons (Fsp3) is 0.538. The Hall–Kier alpha value is -0.670. The lowest BCUT2D eigenvalue weighted by Crippen LogP contribution is -2.17. The molecule has 16 heavy (non-hydrogen) atoms. The summed E-state index contributed by atoms with van der Waals surface area (Å²) in [6, 6.07) is 8.19. The molecule has 0 saturated heterocycles. The third kappa shape index (κ3) is 3.42. The summed E-state index contributed by atoms with van der Waals surface area (Å²) in [6.07, 6.45) is 4.96. The highest BCUT2D eigenvalue weighted by Crippen LogP contribution is 2.32. The third-order valence-corrected chi connectivity index (χ3v) is 4.01. The summed E-state index contributed by atoms with van der Waals surface area (Å²) >= 11 is 0. The minimum absolute atomic E-state index is 0.802. The number of hydrogen-bond acceptors (Lipinski definition) is 1. The summed E-state index contributed by atoms with van der Waals surface area (Å²) in [5.74, 6) is 0.912. The second kappa shape index (κ2) is 5.60. The fourth-order valence-corrected chi connectivity index (χ4v) is 2.62. The molecule has 0 radical (unpaired) electrons. The molecule has 0 heterocycles. The Bertz CT molecular complexity index is 357. The molecule has 0 bridgehead atoms. The predicted octanol–water partition coefficient (Wildman–Crippen LogP) is 2.66. The van der Waals surface area contributed by atoms with Crippen LogP contribution in [0.5, 0.6) is 0 Å². The molecule has 1 aromatic rings. The van der Waals surface area contributed by atoms with Crippen LogP contribution in [0, 0.1) is 5.92 Å². The minimum atomic E-state index is -1.04. The van der Waals surface area contributed by atoms with E-state index < -0.39 is 11.0 Å². The highest BCUT2D eigenvalue weighted by molar-refractivity contribution is 7.83. The Kier molecular flexibility index (Phi) is 4.13. The zero-order valence-corrected chi connectivity index (χ0v) is 10.6. The van der Waals surface area contributed by atoms with E-state index in [9.17, 15) is 4.21 Å². The Morgan fingerprint density at radius 2 is 2.00 bits per heavy atom. The van der Waals surface area contributed by atoms with Crippen LogP contribution in [0.3, 0.4) is 0 Å². The van der Waals surface area contributed by atoms with Crippen LogP contribution in [0.2, 0.25) is 0 Å². The Balaban J connectivity index is 1.92. The molecular formula is C13H19NOS. The summed E-state index contributed by atoms with van der Waals surface area (Å²) in [7, 11) is -1.04. The van der Waals surface area contributed by atoms with E-state index in [1.807, 2.05) is 12.1 Å². The second-order valence-corrected chi connectivity index (χ2v) is 5.75. The Morgan fingerprint density at radius 3 is 2.56 bits per heavy atom. The highest BCUT2D eigenvalue weighted by atomic mass is 32.2. The van der Waals surface area contributed by atoms with Gasteiger partial charge in [0.2, 0.25) is 0 Å². The molecule has 3 heteroatoms. The van der Waals surface area contributed by atoms with Gasteiger partial charge in [-0.15, -0.1) is 0 Å². The molecule has 0 aromatic heterocycles. The molecule has 0 spiro atoms. The molecule has 1 aliphatic rings. The summed E-state index contributed by atoms with van der Waals surface area (Å²) in [5.41, 5.74) is 1.37. The van der Waals surface area contributed by atoms with Crippen molar-refractivity contribution in [2.45, 2.75) is 37.5 Å². The molecule has 1 atom stereocenters. The first-order chi connectivity index (χ1) is 7.79. The van der Waals surface area contributed by atoms with Crippen LogP contribution in [0.15, 0.2) is 29.2 Å². The van der Waals surface area contributed by atoms with E-state index in [-0.39, 0.29) is 0 Å². The quantitative estimate of drug-likeness (QED) is 0.809. The maximum atomic E-state index is 11.7. The van der Waals surface area contributed by atoms with Gasteiger partial charge in [0.15, 0.2) is 0 Å². The van der Waals surface area contributed by atoms with Crippen molar-refractivity contribution in [2.75, 3.05) is 6.54 Å². The van der Waals surface area contributed by atoms with Gasteiger partial charge in [0, 0.05) is 6.54 Å². The number of benzene rings is 1. The molecule has 1 fully saturated rings. The van der Waals surface area contributed by atoms with E-state index in [1.54, 1.807) is 0 Å². The van der Waals surface area contributed by atoms with Gasteiger partial charge in [0.25, 0.3) is 0 Å². The molecule has 0 amide bonds. The number of hydrogen-bond donors (Lipinski definition) is 1. The van der Waals surface area contributed by atoms with Gasteiger partial charge in [-0.05, 0) is 49.3 Å². The first-order valence-corrected chi connectivity index (χ1v) is 7.19. The van der Waals surface area contributed by atoms with Crippen LogP contribution < -0.4 is 4.72 Å². The monoisotopic (exact) mass is 237 g/mol. The lowest BCUT2D eigenvalue weighted by molar-refractivity contribution is 0.670. The molecular weight excluding hydrogens is 218 g/mol. The van der Waals surface area contributed by atoms with Crippen LogP contribution in [0.4, 0.5) is 0 Å². The van der Waals surface area contributed by atoms with Gasteiger partial charge in [0.05, 0.1) is 4.90 Å². The number of nitrogens with one attached hydrogen (secondary N) is 1. The zero-order chi connectivity index (χ0) is 11.4. The van der Waals surface area contributed by atoms with Crippen LogP contribution in [-0.2, 0) is 17.4 Å². The van der Waals surface area contributed by atoms with Gasteiger partial charge in [-0.2, -0.15) is 0 Å². The molecule has 2 rings (SSSR count). The average molecular weight is 237 g/mol. The van der Waals surface area contributed by atoms with Crippen molar-refractivity contribution in [1.29, 1.82) is 0 Å². The van der Waals surface area contributed by atoms with Crippen LogP contribution in [-0.4, -0.2) is 10.8 Å². The molecule has 1 N–H and O–H groups in total. The molecule has 1 aromatic carbocycles.